The van der Waals surface area contributed by atoms with E-state index in [1.54, 1.807) is 11.3 Å². The van der Waals surface area contributed by atoms with Crippen molar-refractivity contribution >= 4 is 38.9 Å². The first kappa shape index (κ1) is 9.87. The first-order valence-electron chi connectivity index (χ1n) is 4.65. The minimum Gasteiger partial charge on any atom is -0.398 e. The zero-order valence-electron chi connectivity index (χ0n) is 8.12. The van der Waals surface area contributed by atoms with Gasteiger partial charge in [0.05, 0.1) is 4.70 Å². The van der Waals surface area contributed by atoms with E-state index in [0.717, 1.165) is 11.4 Å². The SMILES string of the molecule is CCSCc1csc2c(N)cccc12. The van der Waals surface area contributed by atoms with Gasteiger partial charge in [0, 0.05) is 11.4 Å². The quantitative estimate of drug-likeness (QED) is 0.802. The van der Waals surface area contributed by atoms with Gasteiger partial charge in [-0.05, 0) is 28.1 Å². The molecule has 1 nitrogen and oxygen atoms in total. The summed E-state index contributed by atoms with van der Waals surface area (Å²) in [5, 5.41) is 3.56. The maximum absolute atomic E-state index is 5.90. The maximum Gasteiger partial charge on any atom is 0.0575 e. The number of thioether (sulfide) groups is 1. The van der Waals surface area contributed by atoms with Crippen LogP contribution in [0.1, 0.15) is 12.5 Å². The molecule has 0 saturated heterocycles. The molecule has 1 aromatic heterocycles. The molecule has 2 rings (SSSR count). The molecule has 1 aromatic carbocycles. The topological polar surface area (TPSA) is 26.0 Å². The Balaban J connectivity index is 2.42. The molecule has 3 heteroatoms. The van der Waals surface area contributed by atoms with Crippen molar-refractivity contribution in [2.75, 3.05) is 11.5 Å². The summed E-state index contributed by atoms with van der Waals surface area (Å²) in [5.74, 6) is 2.26. The molecule has 0 fully saturated rings. The van der Waals surface area contributed by atoms with E-state index in [4.69, 9.17) is 5.73 Å². The lowest BCUT2D eigenvalue weighted by molar-refractivity contribution is 1.45. The summed E-state index contributed by atoms with van der Waals surface area (Å²) in [6.07, 6.45) is 0. The first-order chi connectivity index (χ1) is 6.83. The Labute approximate surface area is 92.3 Å². The Kier molecular flexibility index (Phi) is 2.99. The predicted molar refractivity (Wildman–Crippen MR) is 68.1 cm³/mol. The van der Waals surface area contributed by atoms with Crippen LogP contribution in [0.4, 0.5) is 5.69 Å². The number of hydrogen-bond donors (Lipinski definition) is 1. The van der Waals surface area contributed by atoms with Crippen molar-refractivity contribution in [3.63, 3.8) is 0 Å². The molecule has 0 atom stereocenters. The zero-order valence-corrected chi connectivity index (χ0v) is 9.75. The van der Waals surface area contributed by atoms with Crippen LogP contribution in [0.3, 0.4) is 0 Å². The number of anilines is 1. The maximum atomic E-state index is 5.90. The predicted octanol–water partition coefficient (Wildman–Crippen LogP) is 3.74. The van der Waals surface area contributed by atoms with Crippen LogP contribution >= 0.6 is 23.1 Å². The summed E-state index contributed by atoms with van der Waals surface area (Å²) in [6, 6.07) is 6.16. The minimum absolute atomic E-state index is 0.903. The molecule has 0 bridgehead atoms. The third-order valence-corrected chi connectivity index (χ3v) is 4.19. The summed E-state index contributed by atoms with van der Waals surface area (Å²) in [7, 11) is 0. The zero-order chi connectivity index (χ0) is 9.97. The van der Waals surface area contributed by atoms with E-state index < -0.39 is 0 Å². The van der Waals surface area contributed by atoms with Gasteiger partial charge in [-0.1, -0.05) is 19.1 Å². The second-order valence-corrected chi connectivity index (χ2v) is 5.28. The van der Waals surface area contributed by atoms with Gasteiger partial charge in [-0.2, -0.15) is 11.8 Å². The highest BCUT2D eigenvalue weighted by Gasteiger charge is 2.05. The molecular weight excluding hydrogens is 210 g/mol. The van der Waals surface area contributed by atoms with Crippen LogP contribution in [-0.4, -0.2) is 5.75 Å². The van der Waals surface area contributed by atoms with E-state index in [9.17, 15) is 0 Å². The van der Waals surface area contributed by atoms with Crippen LogP contribution in [0.25, 0.3) is 10.1 Å². The van der Waals surface area contributed by atoms with Crippen LogP contribution in [0.5, 0.6) is 0 Å². The lowest BCUT2D eigenvalue weighted by Crippen LogP contribution is -1.84. The summed E-state index contributed by atoms with van der Waals surface area (Å²) < 4.78 is 1.24. The fraction of sp³-hybridized carbons (Fsp3) is 0.273. The Hall–Kier alpha value is -0.670. The molecule has 14 heavy (non-hydrogen) atoms. The fourth-order valence-corrected chi connectivity index (χ4v) is 3.23. The Bertz CT molecular complexity index is 434. The molecule has 0 aliphatic carbocycles. The highest BCUT2D eigenvalue weighted by atomic mass is 32.2. The van der Waals surface area contributed by atoms with Gasteiger partial charge in [-0.25, -0.2) is 0 Å². The second-order valence-electron chi connectivity index (χ2n) is 3.12. The van der Waals surface area contributed by atoms with Gasteiger partial charge < -0.3 is 5.73 Å². The highest BCUT2D eigenvalue weighted by Crippen LogP contribution is 2.32. The van der Waals surface area contributed by atoms with Crippen molar-refractivity contribution in [1.82, 2.24) is 0 Å². The average Bonchev–Trinajstić information content (AvgIpc) is 2.60. The van der Waals surface area contributed by atoms with E-state index in [1.807, 2.05) is 23.9 Å². The number of rotatable bonds is 3. The third kappa shape index (κ3) is 1.74. The van der Waals surface area contributed by atoms with E-state index >= 15 is 0 Å². The van der Waals surface area contributed by atoms with E-state index in [0.29, 0.717) is 0 Å². The number of hydrogen-bond acceptors (Lipinski definition) is 3. The molecular formula is C11H13NS2. The van der Waals surface area contributed by atoms with Crippen molar-refractivity contribution in [3.05, 3.63) is 29.1 Å². The normalized spacial score (nSPS) is 10.9. The lowest BCUT2D eigenvalue weighted by atomic mass is 10.2. The van der Waals surface area contributed by atoms with Gasteiger partial charge in [0.2, 0.25) is 0 Å². The molecule has 2 N–H and O–H groups in total. The van der Waals surface area contributed by atoms with Crippen molar-refractivity contribution < 1.29 is 0 Å². The van der Waals surface area contributed by atoms with Gasteiger partial charge in [-0.3, -0.25) is 0 Å². The molecule has 0 unspecified atom stereocenters. The van der Waals surface area contributed by atoms with Crippen LogP contribution in [0, 0.1) is 0 Å². The summed E-state index contributed by atoms with van der Waals surface area (Å²) in [6.45, 7) is 2.19. The molecule has 1 heterocycles. The number of nitrogen functional groups attached to an aromatic ring is 1. The van der Waals surface area contributed by atoms with Gasteiger partial charge in [-0.15, -0.1) is 11.3 Å². The van der Waals surface area contributed by atoms with Crippen molar-refractivity contribution in [3.8, 4) is 0 Å². The molecule has 0 aliphatic heterocycles. The monoisotopic (exact) mass is 223 g/mol. The molecule has 2 aromatic rings. The number of fused-ring (bicyclic) bond motifs is 1. The first-order valence-corrected chi connectivity index (χ1v) is 6.68. The average molecular weight is 223 g/mol. The Morgan fingerprint density at radius 2 is 2.29 bits per heavy atom. The Morgan fingerprint density at radius 3 is 3.07 bits per heavy atom. The second kappa shape index (κ2) is 4.24. The molecule has 0 amide bonds. The van der Waals surface area contributed by atoms with Crippen LogP contribution in [0.15, 0.2) is 23.6 Å². The third-order valence-electron chi connectivity index (χ3n) is 2.17. The lowest BCUT2D eigenvalue weighted by Gasteiger charge is -1.98. The van der Waals surface area contributed by atoms with Gasteiger partial charge in [0.15, 0.2) is 0 Å². The highest BCUT2D eigenvalue weighted by molar-refractivity contribution is 7.98. The standard InChI is InChI=1S/C11H13NS2/c1-2-13-6-8-7-14-11-9(8)4-3-5-10(11)12/h3-5,7H,2,6,12H2,1H3. The Morgan fingerprint density at radius 1 is 1.43 bits per heavy atom. The number of benzene rings is 1. The smallest absolute Gasteiger partial charge is 0.0575 e. The molecule has 0 spiro atoms. The van der Waals surface area contributed by atoms with Gasteiger partial charge in [0.25, 0.3) is 0 Å². The van der Waals surface area contributed by atoms with Crippen molar-refractivity contribution in [2.45, 2.75) is 12.7 Å². The van der Waals surface area contributed by atoms with Crippen LogP contribution < -0.4 is 5.73 Å². The molecule has 0 radical (unpaired) electrons. The van der Waals surface area contributed by atoms with Crippen LogP contribution in [-0.2, 0) is 5.75 Å². The largest absolute Gasteiger partial charge is 0.398 e. The summed E-state index contributed by atoms with van der Waals surface area (Å²) in [4.78, 5) is 0. The number of thiophene rings is 1. The number of nitrogens with two attached hydrogens (primary N) is 1. The minimum atomic E-state index is 0.903. The van der Waals surface area contributed by atoms with Crippen LogP contribution in [0.2, 0.25) is 0 Å². The molecule has 74 valence electrons. The van der Waals surface area contributed by atoms with Crippen molar-refractivity contribution in [1.29, 1.82) is 0 Å². The van der Waals surface area contributed by atoms with Crippen molar-refractivity contribution in [2.24, 2.45) is 0 Å². The van der Waals surface area contributed by atoms with E-state index in [1.165, 1.54) is 21.4 Å². The summed E-state index contributed by atoms with van der Waals surface area (Å²) in [5.41, 5.74) is 8.23. The van der Waals surface area contributed by atoms with Gasteiger partial charge in [0.1, 0.15) is 0 Å². The van der Waals surface area contributed by atoms with E-state index in [2.05, 4.69) is 18.4 Å². The van der Waals surface area contributed by atoms with Gasteiger partial charge >= 0.3 is 0 Å². The molecule has 0 aliphatic rings. The molecule has 0 saturated carbocycles. The van der Waals surface area contributed by atoms with E-state index in [-0.39, 0.29) is 0 Å². The summed E-state index contributed by atoms with van der Waals surface area (Å²) >= 11 is 3.71. The fourth-order valence-electron chi connectivity index (χ4n) is 1.46.